The van der Waals surface area contributed by atoms with Gasteiger partial charge in [0.1, 0.15) is 18.2 Å². The number of nitrogens with zero attached hydrogens (tertiary/aromatic N) is 1. The number of ether oxygens (including phenoxy) is 1. The summed E-state index contributed by atoms with van der Waals surface area (Å²) in [5, 5.41) is 4.29. The summed E-state index contributed by atoms with van der Waals surface area (Å²) in [6.07, 6.45) is 1.43. The van der Waals surface area contributed by atoms with Gasteiger partial charge in [-0.2, -0.15) is 0 Å². The second-order valence-electron chi connectivity index (χ2n) is 4.52. The standard InChI is InChI=1S/C16H13N3O2/c20-11-17-19-16-9-13-8-14(6-7-15(13)18-16)21-10-12-4-2-1-3-5-12/h1-9,18-19H,10H2. The second kappa shape index (κ2) is 5.94. The molecule has 2 N–H and O–H groups in total. The maximum absolute atomic E-state index is 10.1. The molecule has 3 rings (SSSR count). The number of nitrogens with one attached hydrogen (secondary N) is 2. The highest BCUT2D eigenvalue weighted by molar-refractivity contribution is 5.85. The topological polar surface area (TPSA) is 66.5 Å². The first kappa shape index (κ1) is 13.0. The zero-order chi connectivity index (χ0) is 14.5. The van der Waals surface area contributed by atoms with Gasteiger partial charge in [0, 0.05) is 10.9 Å². The van der Waals surface area contributed by atoms with Crippen molar-refractivity contribution in [2.75, 3.05) is 5.43 Å². The van der Waals surface area contributed by atoms with Crippen molar-refractivity contribution < 1.29 is 9.53 Å². The Labute approximate surface area is 121 Å². The Balaban J connectivity index is 1.75. The van der Waals surface area contributed by atoms with Crippen LogP contribution in [0.3, 0.4) is 0 Å². The summed E-state index contributed by atoms with van der Waals surface area (Å²) < 4.78 is 5.77. The lowest BCUT2D eigenvalue weighted by Gasteiger charge is -2.06. The van der Waals surface area contributed by atoms with Crippen LogP contribution in [0.15, 0.2) is 59.7 Å². The van der Waals surface area contributed by atoms with Crippen molar-refractivity contribution in [3.05, 3.63) is 60.2 Å². The molecule has 0 atom stereocenters. The fraction of sp³-hybridized carbons (Fsp3) is 0.0625. The van der Waals surface area contributed by atoms with Gasteiger partial charge < -0.3 is 9.72 Å². The highest BCUT2D eigenvalue weighted by Gasteiger charge is 2.02. The third-order valence-corrected chi connectivity index (χ3v) is 3.06. The number of rotatable bonds is 5. The molecule has 2 aromatic carbocycles. The average molecular weight is 279 g/mol. The molecule has 5 nitrogen and oxygen atoms in total. The van der Waals surface area contributed by atoms with E-state index in [1.165, 1.54) is 6.08 Å². The summed E-state index contributed by atoms with van der Waals surface area (Å²) >= 11 is 0. The van der Waals surface area contributed by atoms with Crippen molar-refractivity contribution in [1.82, 2.24) is 4.98 Å². The Kier molecular flexibility index (Phi) is 3.67. The minimum atomic E-state index is 0.525. The van der Waals surface area contributed by atoms with Crippen LogP contribution in [0, 0.1) is 0 Å². The number of isocyanates is 1. The lowest BCUT2D eigenvalue weighted by atomic mass is 10.2. The van der Waals surface area contributed by atoms with Gasteiger partial charge in [0.2, 0.25) is 0 Å². The van der Waals surface area contributed by atoms with E-state index in [0.717, 1.165) is 22.2 Å². The monoisotopic (exact) mass is 279 g/mol. The Hall–Kier alpha value is -3.04. The van der Waals surface area contributed by atoms with Gasteiger partial charge in [0.25, 0.3) is 6.08 Å². The van der Waals surface area contributed by atoms with E-state index in [-0.39, 0.29) is 0 Å². The average Bonchev–Trinajstić information content (AvgIpc) is 2.94. The molecule has 0 bridgehead atoms. The Morgan fingerprint density at radius 1 is 1.14 bits per heavy atom. The SMILES string of the molecule is O=C=NNc1cc2cc(OCc3ccccc3)ccc2[nH]1. The first-order valence-electron chi connectivity index (χ1n) is 6.47. The van der Waals surface area contributed by atoms with Gasteiger partial charge in [-0.3, -0.25) is 5.43 Å². The number of hydrazone groups is 1. The van der Waals surface area contributed by atoms with Gasteiger partial charge in [-0.15, -0.1) is 0 Å². The highest BCUT2D eigenvalue weighted by Crippen LogP contribution is 2.24. The molecule has 3 aromatic rings. The summed E-state index contributed by atoms with van der Waals surface area (Å²) in [6.45, 7) is 0.525. The maximum atomic E-state index is 10.1. The Morgan fingerprint density at radius 2 is 2.00 bits per heavy atom. The number of carbonyl (C=O) groups excluding carboxylic acids is 1. The Bertz CT molecular complexity index is 790. The van der Waals surface area contributed by atoms with Gasteiger partial charge in [-0.25, -0.2) is 4.79 Å². The summed E-state index contributed by atoms with van der Waals surface area (Å²) in [6, 6.07) is 17.6. The molecule has 1 heterocycles. The lowest BCUT2D eigenvalue weighted by Crippen LogP contribution is -1.94. The Morgan fingerprint density at radius 3 is 2.81 bits per heavy atom. The molecule has 0 unspecified atom stereocenters. The summed E-state index contributed by atoms with van der Waals surface area (Å²) in [7, 11) is 0. The van der Waals surface area contributed by atoms with Gasteiger partial charge in [-0.05, 0) is 29.8 Å². The molecule has 1 aromatic heterocycles. The largest absolute Gasteiger partial charge is 0.489 e. The molecule has 0 spiro atoms. The molecule has 21 heavy (non-hydrogen) atoms. The number of aromatic nitrogens is 1. The fourth-order valence-corrected chi connectivity index (χ4v) is 2.08. The van der Waals surface area contributed by atoms with Crippen molar-refractivity contribution in [2.24, 2.45) is 5.10 Å². The third kappa shape index (κ3) is 3.11. The van der Waals surface area contributed by atoms with Gasteiger partial charge in [-0.1, -0.05) is 35.4 Å². The predicted molar refractivity (Wildman–Crippen MR) is 80.8 cm³/mol. The second-order valence-corrected chi connectivity index (χ2v) is 4.52. The number of fused-ring (bicyclic) bond motifs is 1. The van der Waals surface area contributed by atoms with Crippen LogP contribution in [0.4, 0.5) is 5.82 Å². The molecular formula is C16H13N3O2. The van der Waals surface area contributed by atoms with Crippen molar-refractivity contribution >= 4 is 22.8 Å². The molecule has 0 saturated heterocycles. The summed E-state index contributed by atoms with van der Waals surface area (Å²) in [5.41, 5.74) is 4.62. The molecule has 0 amide bonds. The van der Waals surface area contributed by atoms with Gasteiger partial charge in [0.05, 0.1) is 0 Å². The van der Waals surface area contributed by atoms with Crippen LogP contribution in [0.1, 0.15) is 5.56 Å². The van der Waals surface area contributed by atoms with Crippen molar-refractivity contribution in [3.63, 3.8) is 0 Å². The zero-order valence-corrected chi connectivity index (χ0v) is 11.2. The van der Waals surface area contributed by atoms with Crippen LogP contribution in [-0.4, -0.2) is 11.1 Å². The minimum Gasteiger partial charge on any atom is -0.489 e. The molecule has 0 fully saturated rings. The van der Waals surface area contributed by atoms with Gasteiger partial charge in [0.15, 0.2) is 0 Å². The number of H-pyrrole nitrogens is 1. The van der Waals surface area contributed by atoms with E-state index in [4.69, 9.17) is 4.74 Å². The van der Waals surface area contributed by atoms with E-state index in [0.29, 0.717) is 12.4 Å². The number of anilines is 1. The van der Waals surface area contributed by atoms with E-state index < -0.39 is 0 Å². The summed E-state index contributed by atoms with van der Waals surface area (Å²) in [5.74, 6) is 1.42. The number of benzene rings is 2. The van der Waals surface area contributed by atoms with Crippen LogP contribution < -0.4 is 10.2 Å². The molecular weight excluding hydrogens is 266 g/mol. The first-order valence-corrected chi connectivity index (χ1v) is 6.47. The van der Waals surface area contributed by atoms with Crippen LogP contribution in [0.5, 0.6) is 5.75 Å². The zero-order valence-electron chi connectivity index (χ0n) is 11.2. The molecule has 0 aliphatic heterocycles. The summed E-state index contributed by atoms with van der Waals surface area (Å²) in [4.78, 5) is 13.2. The first-order chi connectivity index (χ1) is 10.3. The van der Waals surface area contributed by atoms with Crippen LogP contribution in [0.25, 0.3) is 10.9 Å². The third-order valence-electron chi connectivity index (χ3n) is 3.06. The quantitative estimate of drug-likeness (QED) is 0.427. The normalized spacial score (nSPS) is 10.1. The predicted octanol–water partition coefficient (Wildman–Crippen LogP) is 3.41. The molecule has 0 radical (unpaired) electrons. The number of aromatic amines is 1. The highest BCUT2D eigenvalue weighted by atomic mass is 16.5. The molecule has 5 heteroatoms. The van der Waals surface area contributed by atoms with E-state index in [2.05, 4.69) is 15.5 Å². The fourth-order valence-electron chi connectivity index (χ4n) is 2.08. The van der Waals surface area contributed by atoms with Crippen molar-refractivity contribution in [2.45, 2.75) is 6.61 Å². The van der Waals surface area contributed by atoms with Crippen molar-refractivity contribution in [3.8, 4) is 5.75 Å². The smallest absolute Gasteiger partial charge is 0.258 e. The van der Waals surface area contributed by atoms with E-state index in [1.54, 1.807) is 0 Å². The molecule has 104 valence electrons. The number of hydrogen-bond acceptors (Lipinski definition) is 4. The minimum absolute atomic E-state index is 0.525. The number of hydrogen-bond donors (Lipinski definition) is 2. The van der Waals surface area contributed by atoms with Crippen LogP contribution >= 0.6 is 0 Å². The van der Waals surface area contributed by atoms with E-state index in [9.17, 15) is 4.79 Å². The molecule has 0 aliphatic carbocycles. The van der Waals surface area contributed by atoms with Crippen LogP contribution in [-0.2, 0) is 11.4 Å². The van der Waals surface area contributed by atoms with Crippen molar-refractivity contribution in [1.29, 1.82) is 0 Å². The van der Waals surface area contributed by atoms with E-state index in [1.807, 2.05) is 54.6 Å². The molecule has 0 saturated carbocycles. The lowest BCUT2D eigenvalue weighted by molar-refractivity contribution is 0.306. The molecule has 0 aliphatic rings. The maximum Gasteiger partial charge on any atom is 0.258 e. The van der Waals surface area contributed by atoms with Gasteiger partial charge >= 0.3 is 0 Å². The van der Waals surface area contributed by atoms with Crippen LogP contribution in [0.2, 0.25) is 0 Å². The van der Waals surface area contributed by atoms with E-state index >= 15 is 0 Å².